The highest BCUT2D eigenvalue weighted by Gasteiger charge is 2.12. The lowest BCUT2D eigenvalue weighted by Crippen LogP contribution is -2.00. The fourth-order valence-corrected chi connectivity index (χ4v) is 4.21. The van der Waals surface area contributed by atoms with Crippen LogP contribution in [0.1, 0.15) is 13.8 Å². The van der Waals surface area contributed by atoms with Crippen LogP contribution in [0.2, 0.25) is 0 Å². The van der Waals surface area contributed by atoms with Gasteiger partial charge in [-0.05, 0) is 41.8 Å². The minimum Gasteiger partial charge on any atom is -0.493 e. The predicted octanol–water partition coefficient (Wildman–Crippen LogP) is 5.79. The summed E-state index contributed by atoms with van der Waals surface area (Å²) < 4.78 is 13.7. The van der Waals surface area contributed by atoms with Gasteiger partial charge in [0.1, 0.15) is 5.69 Å². The SMILES string of the molecule is CC.COc1ccc(Nc2ccc3ncc(-c4cc5ccncc5s4)n3n2)cc1OC. The molecule has 0 radical (unpaired) electrons. The van der Waals surface area contributed by atoms with E-state index in [1.54, 1.807) is 31.8 Å². The van der Waals surface area contributed by atoms with Gasteiger partial charge >= 0.3 is 0 Å². The van der Waals surface area contributed by atoms with Crippen LogP contribution in [0.3, 0.4) is 0 Å². The largest absolute Gasteiger partial charge is 0.493 e. The van der Waals surface area contributed by atoms with Crippen molar-refractivity contribution in [3.05, 3.63) is 61.1 Å². The average Bonchev–Trinajstić information content (AvgIpc) is 3.44. The minimum atomic E-state index is 0.654. The van der Waals surface area contributed by atoms with Crippen LogP contribution < -0.4 is 14.8 Å². The molecule has 4 aromatic heterocycles. The Kier molecular flexibility index (Phi) is 5.99. The first-order chi connectivity index (χ1) is 15.2. The van der Waals surface area contributed by atoms with Gasteiger partial charge in [-0.25, -0.2) is 9.50 Å². The summed E-state index contributed by atoms with van der Waals surface area (Å²) in [5.41, 5.74) is 2.58. The van der Waals surface area contributed by atoms with Crippen LogP contribution in [0.4, 0.5) is 11.5 Å². The number of fused-ring (bicyclic) bond motifs is 2. The second kappa shape index (κ2) is 9.01. The Labute approximate surface area is 184 Å². The molecule has 1 N–H and O–H groups in total. The van der Waals surface area contributed by atoms with E-state index >= 15 is 0 Å². The number of pyridine rings is 1. The van der Waals surface area contributed by atoms with Gasteiger partial charge < -0.3 is 14.8 Å². The summed E-state index contributed by atoms with van der Waals surface area (Å²) in [6.07, 6.45) is 5.53. The van der Waals surface area contributed by atoms with E-state index < -0.39 is 0 Å². The quantitative estimate of drug-likeness (QED) is 0.378. The molecule has 5 rings (SSSR count). The summed E-state index contributed by atoms with van der Waals surface area (Å²) in [6, 6.07) is 13.6. The maximum Gasteiger partial charge on any atom is 0.162 e. The van der Waals surface area contributed by atoms with Crippen LogP contribution in [0, 0.1) is 0 Å². The Hall–Kier alpha value is -3.65. The normalized spacial score (nSPS) is 10.6. The molecule has 0 bridgehead atoms. The van der Waals surface area contributed by atoms with Crippen molar-refractivity contribution < 1.29 is 9.47 Å². The Bertz CT molecular complexity index is 1300. The fourth-order valence-electron chi connectivity index (χ4n) is 3.18. The summed E-state index contributed by atoms with van der Waals surface area (Å²) >= 11 is 1.67. The van der Waals surface area contributed by atoms with Gasteiger partial charge in [0.15, 0.2) is 23.0 Å². The van der Waals surface area contributed by atoms with Crippen molar-refractivity contribution in [2.75, 3.05) is 19.5 Å². The van der Waals surface area contributed by atoms with Crippen LogP contribution in [0.5, 0.6) is 11.5 Å². The minimum absolute atomic E-state index is 0.654. The predicted molar refractivity (Wildman–Crippen MR) is 126 cm³/mol. The zero-order valence-electron chi connectivity index (χ0n) is 17.8. The molecule has 0 saturated heterocycles. The molecule has 0 aliphatic rings. The van der Waals surface area contributed by atoms with Crippen molar-refractivity contribution in [1.82, 2.24) is 19.6 Å². The zero-order chi connectivity index (χ0) is 21.8. The maximum atomic E-state index is 5.37. The monoisotopic (exact) mass is 433 g/mol. The second-order valence-corrected chi connectivity index (χ2v) is 7.43. The molecular weight excluding hydrogens is 410 g/mol. The van der Waals surface area contributed by atoms with Gasteiger partial charge in [0.25, 0.3) is 0 Å². The lowest BCUT2D eigenvalue weighted by molar-refractivity contribution is 0.355. The molecule has 4 heterocycles. The number of aromatic nitrogens is 4. The molecule has 31 heavy (non-hydrogen) atoms. The Morgan fingerprint density at radius 1 is 0.935 bits per heavy atom. The Balaban J connectivity index is 0.00000112. The highest BCUT2D eigenvalue weighted by molar-refractivity contribution is 7.22. The van der Waals surface area contributed by atoms with Gasteiger partial charge in [-0.15, -0.1) is 16.4 Å². The third-order valence-electron chi connectivity index (χ3n) is 4.59. The third kappa shape index (κ3) is 4.02. The van der Waals surface area contributed by atoms with E-state index in [9.17, 15) is 0 Å². The maximum absolute atomic E-state index is 5.37. The van der Waals surface area contributed by atoms with Crippen LogP contribution in [0.15, 0.2) is 61.1 Å². The molecule has 7 nitrogen and oxygen atoms in total. The van der Waals surface area contributed by atoms with E-state index in [2.05, 4.69) is 21.4 Å². The summed E-state index contributed by atoms with van der Waals surface area (Å²) in [5, 5.41) is 9.21. The van der Waals surface area contributed by atoms with Crippen LogP contribution in [-0.2, 0) is 0 Å². The molecule has 5 aromatic rings. The average molecular weight is 434 g/mol. The van der Waals surface area contributed by atoms with E-state index in [-0.39, 0.29) is 0 Å². The number of ether oxygens (including phenoxy) is 2. The van der Waals surface area contributed by atoms with Gasteiger partial charge in [0, 0.05) is 24.1 Å². The second-order valence-electron chi connectivity index (χ2n) is 6.35. The summed E-state index contributed by atoms with van der Waals surface area (Å²) in [6.45, 7) is 4.00. The smallest absolute Gasteiger partial charge is 0.162 e. The topological polar surface area (TPSA) is 73.6 Å². The van der Waals surface area contributed by atoms with E-state index in [1.807, 2.05) is 67.2 Å². The number of benzene rings is 1. The Morgan fingerprint density at radius 3 is 2.55 bits per heavy atom. The number of thiophene rings is 1. The molecule has 0 aliphatic heterocycles. The number of nitrogens with zero attached hydrogens (tertiary/aromatic N) is 4. The van der Waals surface area contributed by atoms with Crippen molar-refractivity contribution in [1.29, 1.82) is 0 Å². The molecule has 0 saturated carbocycles. The van der Waals surface area contributed by atoms with Gasteiger partial charge in [0.2, 0.25) is 0 Å². The summed E-state index contributed by atoms with van der Waals surface area (Å²) in [7, 11) is 3.23. The fraction of sp³-hybridized carbons (Fsp3) is 0.174. The number of imidazole rings is 1. The number of anilines is 2. The molecule has 0 spiro atoms. The molecule has 0 fully saturated rings. The van der Waals surface area contributed by atoms with E-state index in [4.69, 9.17) is 14.6 Å². The molecule has 0 unspecified atom stereocenters. The lowest BCUT2D eigenvalue weighted by Gasteiger charge is -2.11. The zero-order valence-corrected chi connectivity index (χ0v) is 18.6. The molecule has 0 atom stereocenters. The van der Waals surface area contributed by atoms with Crippen molar-refractivity contribution in [2.24, 2.45) is 0 Å². The first-order valence-corrected chi connectivity index (χ1v) is 10.7. The van der Waals surface area contributed by atoms with Crippen molar-refractivity contribution >= 4 is 38.6 Å². The number of methoxy groups -OCH3 is 2. The molecule has 1 aromatic carbocycles. The van der Waals surface area contributed by atoms with Crippen LogP contribution >= 0.6 is 11.3 Å². The highest BCUT2D eigenvalue weighted by atomic mass is 32.1. The Morgan fingerprint density at radius 2 is 1.77 bits per heavy atom. The number of nitrogens with one attached hydrogen (secondary N) is 1. The molecule has 0 aliphatic carbocycles. The van der Waals surface area contributed by atoms with Crippen molar-refractivity contribution in [2.45, 2.75) is 13.8 Å². The molecule has 0 amide bonds. The highest BCUT2D eigenvalue weighted by Crippen LogP contribution is 2.34. The van der Waals surface area contributed by atoms with Gasteiger partial charge in [-0.2, -0.15) is 0 Å². The lowest BCUT2D eigenvalue weighted by atomic mass is 10.2. The molecule has 158 valence electrons. The first kappa shape index (κ1) is 20.6. The van der Waals surface area contributed by atoms with E-state index in [0.29, 0.717) is 17.3 Å². The van der Waals surface area contributed by atoms with Gasteiger partial charge in [-0.3, -0.25) is 4.98 Å². The standard InChI is InChI=1S/C21H17N5O2S.C2H6/c1-27-16-4-3-14(10-17(16)28-2)24-20-5-6-21-23-11-15(26(21)25-20)18-9-13-7-8-22-12-19(13)29-18;1-2/h3-12H,1-2H3,(H,24,25);1-2H3. The third-order valence-corrected chi connectivity index (χ3v) is 5.70. The van der Waals surface area contributed by atoms with Crippen LogP contribution in [0.25, 0.3) is 26.3 Å². The van der Waals surface area contributed by atoms with E-state index in [0.717, 1.165) is 32.0 Å². The van der Waals surface area contributed by atoms with Gasteiger partial charge in [0.05, 0.1) is 30.0 Å². The van der Waals surface area contributed by atoms with Crippen molar-refractivity contribution in [3.8, 4) is 22.1 Å². The number of hydrogen-bond donors (Lipinski definition) is 1. The number of rotatable bonds is 5. The van der Waals surface area contributed by atoms with E-state index in [1.165, 1.54) is 0 Å². The molecule has 8 heteroatoms. The summed E-state index contributed by atoms with van der Waals surface area (Å²) in [5.74, 6) is 2.03. The summed E-state index contributed by atoms with van der Waals surface area (Å²) in [4.78, 5) is 9.78. The van der Waals surface area contributed by atoms with Gasteiger partial charge in [-0.1, -0.05) is 13.8 Å². The molecular formula is C23H23N5O2S. The number of hydrogen-bond acceptors (Lipinski definition) is 7. The first-order valence-electron chi connectivity index (χ1n) is 9.93. The van der Waals surface area contributed by atoms with Crippen LogP contribution in [-0.4, -0.2) is 33.8 Å². The van der Waals surface area contributed by atoms with Crippen molar-refractivity contribution in [3.63, 3.8) is 0 Å².